The largest absolute Gasteiger partial charge is 0.496 e. The molecule has 2 aromatic rings. The molecule has 6 heteroatoms. The van der Waals surface area contributed by atoms with Gasteiger partial charge in [0.1, 0.15) is 11.8 Å². The van der Waals surface area contributed by atoms with E-state index in [0.29, 0.717) is 30.5 Å². The molecule has 0 fully saturated rings. The highest BCUT2D eigenvalue weighted by Crippen LogP contribution is 2.27. The highest BCUT2D eigenvalue weighted by atomic mass is 16.5. The van der Waals surface area contributed by atoms with Crippen LogP contribution >= 0.6 is 0 Å². The molecule has 1 unspecified atom stereocenters. The first kappa shape index (κ1) is 20.6. The van der Waals surface area contributed by atoms with Crippen molar-refractivity contribution in [2.24, 2.45) is 5.92 Å². The molecule has 0 radical (unpaired) electrons. The molecule has 1 N–H and O–H groups in total. The fourth-order valence-electron chi connectivity index (χ4n) is 3.61. The maximum Gasteiger partial charge on any atom is 0.262 e. The van der Waals surface area contributed by atoms with Gasteiger partial charge in [0.15, 0.2) is 0 Å². The first-order chi connectivity index (χ1) is 13.9. The fourth-order valence-corrected chi connectivity index (χ4v) is 3.61. The summed E-state index contributed by atoms with van der Waals surface area (Å²) >= 11 is 0. The Morgan fingerprint density at radius 3 is 2.17 bits per heavy atom. The van der Waals surface area contributed by atoms with E-state index in [2.05, 4.69) is 5.32 Å². The van der Waals surface area contributed by atoms with Gasteiger partial charge in [-0.05, 0) is 42.5 Å². The van der Waals surface area contributed by atoms with Crippen molar-refractivity contribution in [2.75, 3.05) is 13.7 Å². The van der Waals surface area contributed by atoms with E-state index < -0.39 is 17.9 Å². The van der Waals surface area contributed by atoms with Crippen LogP contribution in [-0.4, -0.2) is 42.3 Å². The summed E-state index contributed by atoms with van der Waals surface area (Å²) in [6.45, 7) is 4.32. The number of rotatable bonds is 8. The van der Waals surface area contributed by atoms with Crippen LogP contribution in [0.1, 0.15) is 46.5 Å². The van der Waals surface area contributed by atoms with Crippen LogP contribution in [0.3, 0.4) is 0 Å². The molecule has 1 aliphatic heterocycles. The van der Waals surface area contributed by atoms with E-state index in [-0.39, 0.29) is 11.8 Å². The van der Waals surface area contributed by atoms with Gasteiger partial charge in [-0.15, -0.1) is 0 Å². The molecular formula is C23H26N2O4. The van der Waals surface area contributed by atoms with E-state index in [1.165, 1.54) is 0 Å². The Labute approximate surface area is 170 Å². The number of fused-ring (bicyclic) bond motifs is 1. The van der Waals surface area contributed by atoms with Crippen LogP contribution < -0.4 is 10.1 Å². The number of benzene rings is 2. The minimum absolute atomic E-state index is 0.143. The van der Waals surface area contributed by atoms with Gasteiger partial charge in [0.05, 0.1) is 18.2 Å². The van der Waals surface area contributed by atoms with E-state index in [0.717, 1.165) is 16.2 Å². The maximum absolute atomic E-state index is 13.0. The molecule has 6 nitrogen and oxygen atoms in total. The van der Waals surface area contributed by atoms with Crippen molar-refractivity contribution in [1.29, 1.82) is 0 Å². The molecule has 1 heterocycles. The maximum atomic E-state index is 13.0. The zero-order valence-electron chi connectivity index (χ0n) is 17.0. The van der Waals surface area contributed by atoms with Gasteiger partial charge in [-0.2, -0.15) is 0 Å². The zero-order chi connectivity index (χ0) is 21.0. The number of carbonyl (C=O) groups excluding carboxylic acids is 3. The predicted molar refractivity (Wildman–Crippen MR) is 110 cm³/mol. The summed E-state index contributed by atoms with van der Waals surface area (Å²) in [6.07, 6.45) is 0.998. The summed E-state index contributed by atoms with van der Waals surface area (Å²) < 4.78 is 5.34. The summed E-state index contributed by atoms with van der Waals surface area (Å²) in [5, 5.41) is 2.89. The van der Waals surface area contributed by atoms with E-state index in [9.17, 15) is 14.4 Å². The molecule has 2 aromatic carbocycles. The van der Waals surface area contributed by atoms with Crippen LogP contribution in [0.15, 0.2) is 48.5 Å². The van der Waals surface area contributed by atoms with Crippen molar-refractivity contribution in [3.05, 3.63) is 65.2 Å². The van der Waals surface area contributed by atoms with Crippen LogP contribution in [0.25, 0.3) is 0 Å². The number of nitrogens with one attached hydrogen (secondary N) is 1. The Bertz CT molecular complexity index is 888. The van der Waals surface area contributed by atoms with Gasteiger partial charge in [-0.1, -0.05) is 44.2 Å². The van der Waals surface area contributed by atoms with Crippen LogP contribution in [0, 0.1) is 5.92 Å². The molecule has 0 aromatic heterocycles. The third-order valence-corrected chi connectivity index (χ3v) is 5.02. The average Bonchev–Trinajstić information content (AvgIpc) is 2.97. The van der Waals surface area contributed by atoms with Gasteiger partial charge in [0.25, 0.3) is 11.8 Å². The van der Waals surface area contributed by atoms with Gasteiger partial charge in [-0.25, -0.2) is 0 Å². The number of nitrogens with zero attached hydrogens (tertiary/aromatic N) is 1. The van der Waals surface area contributed by atoms with Crippen LogP contribution in [0.5, 0.6) is 5.75 Å². The van der Waals surface area contributed by atoms with Crippen molar-refractivity contribution in [1.82, 2.24) is 10.2 Å². The summed E-state index contributed by atoms with van der Waals surface area (Å²) in [5.74, 6) is -0.222. The van der Waals surface area contributed by atoms with Crippen LogP contribution in [0.4, 0.5) is 0 Å². The minimum Gasteiger partial charge on any atom is -0.496 e. The van der Waals surface area contributed by atoms with Crippen molar-refractivity contribution in [3.8, 4) is 5.75 Å². The van der Waals surface area contributed by atoms with Gasteiger partial charge in [-0.3, -0.25) is 19.3 Å². The standard InChI is InChI=1S/C23H26N2O4/c1-15(2)14-19(25-22(27)17-9-5-6-10-18(17)23(25)28)21(26)24-13-12-16-8-4-7-11-20(16)29-3/h4-11,15,19H,12-14H2,1-3H3,(H,24,26). The SMILES string of the molecule is COc1ccccc1CCNC(=O)C(CC(C)C)N1C(=O)c2ccccc2C1=O. The smallest absolute Gasteiger partial charge is 0.262 e. The first-order valence-electron chi connectivity index (χ1n) is 9.80. The Balaban J connectivity index is 1.73. The predicted octanol–water partition coefficient (Wildman–Crippen LogP) is 3.06. The number of imide groups is 1. The Morgan fingerprint density at radius 1 is 1.00 bits per heavy atom. The quantitative estimate of drug-likeness (QED) is 0.698. The molecule has 3 amide bonds. The average molecular weight is 394 g/mol. The summed E-state index contributed by atoms with van der Waals surface area (Å²) in [6, 6.07) is 13.5. The molecule has 152 valence electrons. The molecule has 1 aliphatic rings. The lowest BCUT2D eigenvalue weighted by atomic mass is 10.0. The molecule has 0 saturated carbocycles. The highest BCUT2D eigenvalue weighted by molar-refractivity contribution is 6.22. The van der Waals surface area contributed by atoms with Gasteiger partial charge >= 0.3 is 0 Å². The van der Waals surface area contributed by atoms with Crippen molar-refractivity contribution >= 4 is 17.7 Å². The Kier molecular flexibility index (Phi) is 6.32. The van der Waals surface area contributed by atoms with Crippen LogP contribution in [0.2, 0.25) is 0 Å². The lowest BCUT2D eigenvalue weighted by Crippen LogP contribution is -2.50. The second kappa shape index (κ2) is 8.90. The second-order valence-corrected chi connectivity index (χ2v) is 7.52. The monoisotopic (exact) mass is 394 g/mol. The van der Waals surface area contributed by atoms with Gasteiger partial charge in [0.2, 0.25) is 5.91 Å². The Hall–Kier alpha value is -3.15. The normalized spacial score (nSPS) is 14.1. The summed E-state index contributed by atoms with van der Waals surface area (Å²) in [5.41, 5.74) is 1.69. The van der Waals surface area contributed by atoms with E-state index >= 15 is 0 Å². The highest BCUT2D eigenvalue weighted by Gasteiger charge is 2.42. The molecule has 0 saturated heterocycles. The zero-order valence-corrected chi connectivity index (χ0v) is 17.0. The third-order valence-electron chi connectivity index (χ3n) is 5.02. The van der Waals surface area contributed by atoms with Crippen molar-refractivity contribution in [2.45, 2.75) is 32.7 Å². The number of ether oxygens (including phenoxy) is 1. The van der Waals surface area contributed by atoms with Gasteiger partial charge in [0, 0.05) is 6.54 Å². The fraction of sp³-hybridized carbons (Fsp3) is 0.348. The molecule has 3 rings (SSSR count). The number of amides is 3. The number of carbonyl (C=O) groups is 3. The Morgan fingerprint density at radius 2 is 1.59 bits per heavy atom. The molecule has 0 bridgehead atoms. The summed E-state index contributed by atoms with van der Waals surface area (Å²) in [4.78, 5) is 39.7. The topological polar surface area (TPSA) is 75.7 Å². The number of para-hydroxylation sites is 1. The summed E-state index contributed by atoms with van der Waals surface area (Å²) in [7, 11) is 1.61. The van der Waals surface area contributed by atoms with Gasteiger partial charge < -0.3 is 10.1 Å². The van der Waals surface area contributed by atoms with E-state index in [1.807, 2.05) is 38.1 Å². The van der Waals surface area contributed by atoms with E-state index in [1.54, 1.807) is 31.4 Å². The number of hydrogen-bond acceptors (Lipinski definition) is 4. The number of hydrogen-bond donors (Lipinski definition) is 1. The third kappa shape index (κ3) is 4.31. The van der Waals surface area contributed by atoms with E-state index in [4.69, 9.17) is 4.74 Å². The van der Waals surface area contributed by atoms with Crippen LogP contribution in [-0.2, 0) is 11.2 Å². The molecule has 29 heavy (non-hydrogen) atoms. The van der Waals surface area contributed by atoms with Crippen molar-refractivity contribution < 1.29 is 19.1 Å². The molecule has 0 aliphatic carbocycles. The molecule has 1 atom stereocenters. The molecular weight excluding hydrogens is 368 g/mol. The lowest BCUT2D eigenvalue weighted by molar-refractivity contribution is -0.125. The molecule has 0 spiro atoms. The lowest BCUT2D eigenvalue weighted by Gasteiger charge is -2.26. The van der Waals surface area contributed by atoms with Crippen molar-refractivity contribution in [3.63, 3.8) is 0 Å². The number of methoxy groups -OCH3 is 1. The first-order valence-corrected chi connectivity index (χ1v) is 9.80. The second-order valence-electron chi connectivity index (χ2n) is 7.52. The minimum atomic E-state index is -0.833.